The van der Waals surface area contributed by atoms with Crippen LogP contribution in [0.3, 0.4) is 0 Å². The molecular formula is C15H20ClNO2. The van der Waals surface area contributed by atoms with Crippen molar-refractivity contribution in [1.82, 2.24) is 4.90 Å². The molecule has 4 heteroatoms. The molecule has 104 valence electrons. The molecule has 1 aromatic carbocycles. The first kappa shape index (κ1) is 14.4. The van der Waals surface area contributed by atoms with E-state index in [1.54, 1.807) is 0 Å². The highest BCUT2D eigenvalue weighted by molar-refractivity contribution is 6.18. The van der Waals surface area contributed by atoms with E-state index >= 15 is 0 Å². The summed E-state index contributed by atoms with van der Waals surface area (Å²) in [6.07, 6.45) is 0.453. The number of morpholine rings is 1. The number of halogens is 1. The lowest BCUT2D eigenvalue weighted by molar-refractivity contribution is -0.142. The van der Waals surface area contributed by atoms with Gasteiger partial charge in [0.1, 0.15) is 0 Å². The summed E-state index contributed by atoms with van der Waals surface area (Å²) >= 11 is 5.83. The second-order valence-corrected chi connectivity index (χ2v) is 5.49. The molecule has 1 aromatic rings. The molecule has 1 fully saturated rings. The Morgan fingerprint density at radius 2 is 2.05 bits per heavy atom. The van der Waals surface area contributed by atoms with Crippen LogP contribution in [0, 0.1) is 6.92 Å². The smallest absolute Gasteiger partial charge is 0.227 e. The molecule has 0 radical (unpaired) electrons. The number of ether oxygens (including phenoxy) is 1. The monoisotopic (exact) mass is 281 g/mol. The number of amides is 1. The minimum Gasteiger partial charge on any atom is -0.370 e. The number of hydrogen-bond acceptors (Lipinski definition) is 2. The third kappa shape index (κ3) is 3.95. The predicted molar refractivity (Wildman–Crippen MR) is 76.5 cm³/mol. The first-order valence-corrected chi connectivity index (χ1v) is 7.16. The first-order valence-electron chi connectivity index (χ1n) is 6.63. The molecule has 0 spiro atoms. The molecule has 3 nitrogen and oxygen atoms in total. The van der Waals surface area contributed by atoms with Gasteiger partial charge in [-0.3, -0.25) is 4.79 Å². The van der Waals surface area contributed by atoms with E-state index in [1.807, 2.05) is 43.0 Å². The molecule has 1 amide bonds. The van der Waals surface area contributed by atoms with Gasteiger partial charge in [0.05, 0.1) is 24.5 Å². The maximum Gasteiger partial charge on any atom is 0.227 e. The topological polar surface area (TPSA) is 29.5 Å². The highest BCUT2D eigenvalue weighted by Crippen LogP contribution is 2.14. The molecule has 0 saturated carbocycles. The van der Waals surface area contributed by atoms with Gasteiger partial charge in [-0.15, -0.1) is 11.6 Å². The fourth-order valence-electron chi connectivity index (χ4n) is 2.33. The normalized spacial score (nSPS) is 23.4. The number of aryl methyl sites for hydroxylation is 1. The quantitative estimate of drug-likeness (QED) is 0.796. The van der Waals surface area contributed by atoms with Crippen molar-refractivity contribution in [3.05, 3.63) is 35.4 Å². The van der Waals surface area contributed by atoms with Crippen LogP contribution in [0.1, 0.15) is 18.1 Å². The fourth-order valence-corrected chi connectivity index (χ4v) is 2.50. The standard InChI is InChI=1S/C15H20ClNO2/c1-11-3-5-13(6-4-11)7-15(18)17-9-12(2)19-14(8-16)10-17/h3-6,12,14H,7-10H2,1-2H3. The summed E-state index contributed by atoms with van der Waals surface area (Å²) in [5.74, 6) is 0.577. The molecule has 0 N–H and O–H groups in total. The molecule has 2 atom stereocenters. The van der Waals surface area contributed by atoms with Gasteiger partial charge in [-0.25, -0.2) is 0 Å². The Balaban J connectivity index is 1.97. The predicted octanol–water partition coefficient (Wildman–Crippen LogP) is 2.39. The summed E-state index contributed by atoms with van der Waals surface area (Å²) in [6.45, 7) is 5.27. The highest BCUT2D eigenvalue weighted by atomic mass is 35.5. The Kier molecular flexibility index (Phi) is 4.83. The Morgan fingerprint density at radius 1 is 1.37 bits per heavy atom. The van der Waals surface area contributed by atoms with Crippen LogP contribution in [-0.2, 0) is 16.0 Å². The Morgan fingerprint density at radius 3 is 2.68 bits per heavy atom. The summed E-state index contributed by atoms with van der Waals surface area (Å²) in [6, 6.07) is 8.09. The van der Waals surface area contributed by atoms with Crippen LogP contribution < -0.4 is 0 Å². The van der Waals surface area contributed by atoms with Crippen LogP contribution in [0.5, 0.6) is 0 Å². The van der Waals surface area contributed by atoms with Crippen molar-refractivity contribution in [2.24, 2.45) is 0 Å². The number of carbonyl (C=O) groups excluding carboxylic acids is 1. The first-order chi connectivity index (χ1) is 9.08. The lowest BCUT2D eigenvalue weighted by Crippen LogP contribution is -2.50. The third-order valence-electron chi connectivity index (χ3n) is 3.33. The van der Waals surface area contributed by atoms with E-state index in [2.05, 4.69) is 0 Å². The summed E-state index contributed by atoms with van der Waals surface area (Å²) in [5, 5.41) is 0. The Bertz CT molecular complexity index is 432. The number of alkyl halides is 1. The third-order valence-corrected chi connectivity index (χ3v) is 3.67. The Labute approximate surface area is 119 Å². The van der Waals surface area contributed by atoms with Gasteiger partial charge in [0, 0.05) is 13.1 Å². The molecule has 0 aliphatic carbocycles. The van der Waals surface area contributed by atoms with Gasteiger partial charge < -0.3 is 9.64 Å². The summed E-state index contributed by atoms with van der Waals surface area (Å²) in [4.78, 5) is 14.1. The van der Waals surface area contributed by atoms with Crippen molar-refractivity contribution in [1.29, 1.82) is 0 Å². The van der Waals surface area contributed by atoms with Gasteiger partial charge in [-0.2, -0.15) is 0 Å². The maximum absolute atomic E-state index is 12.3. The average Bonchev–Trinajstić information content (AvgIpc) is 2.40. The second-order valence-electron chi connectivity index (χ2n) is 5.18. The van der Waals surface area contributed by atoms with Crippen LogP contribution in [0.4, 0.5) is 0 Å². The SMILES string of the molecule is Cc1ccc(CC(=O)N2CC(C)OC(CCl)C2)cc1. The molecule has 1 aliphatic rings. The van der Waals surface area contributed by atoms with Gasteiger partial charge in [0.2, 0.25) is 5.91 Å². The number of rotatable bonds is 3. The van der Waals surface area contributed by atoms with E-state index in [1.165, 1.54) is 5.56 Å². The minimum absolute atomic E-state index is 0.0487. The van der Waals surface area contributed by atoms with E-state index in [0.717, 1.165) is 5.56 Å². The van der Waals surface area contributed by atoms with Crippen LogP contribution in [-0.4, -0.2) is 42.0 Å². The number of hydrogen-bond donors (Lipinski definition) is 0. The van der Waals surface area contributed by atoms with E-state index in [9.17, 15) is 4.79 Å². The van der Waals surface area contributed by atoms with Crippen LogP contribution in [0.15, 0.2) is 24.3 Å². The average molecular weight is 282 g/mol. The van der Waals surface area contributed by atoms with E-state index in [4.69, 9.17) is 16.3 Å². The molecule has 1 saturated heterocycles. The molecule has 0 bridgehead atoms. The van der Waals surface area contributed by atoms with Crippen molar-refractivity contribution in [2.45, 2.75) is 32.5 Å². The van der Waals surface area contributed by atoms with E-state index < -0.39 is 0 Å². The molecular weight excluding hydrogens is 262 g/mol. The maximum atomic E-state index is 12.3. The lowest BCUT2D eigenvalue weighted by Gasteiger charge is -2.36. The zero-order chi connectivity index (χ0) is 13.8. The fraction of sp³-hybridized carbons (Fsp3) is 0.533. The highest BCUT2D eigenvalue weighted by Gasteiger charge is 2.27. The Hall–Kier alpha value is -1.06. The molecule has 19 heavy (non-hydrogen) atoms. The largest absolute Gasteiger partial charge is 0.370 e. The van der Waals surface area contributed by atoms with Crippen molar-refractivity contribution >= 4 is 17.5 Å². The van der Waals surface area contributed by atoms with Crippen molar-refractivity contribution < 1.29 is 9.53 Å². The molecule has 2 rings (SSSR count). The van der Waals surface area contributed by atoms with Crippen molar-refractivity contribution in [2.75, 3.05) is 19.0 Å². The van der Waals surface area contributed by atoms with Crippen LogP contribution in [0.25, 0.3) is 0 Å². The van der Waals surface area contributed by atoms with Crippen molar-refractivity contribution in [3.63, 3.8) is 0 Å². The van der Waals surface area contributed by atoms with E-state index in [-0.39, 0.29) is 18.1 Å². The van der Waals surface area contributed by atoms with Gasteiger partial charge in [-0.1, -0.05) is 29.8 Å². The van der Waals surface area contributed by atoms with E-state index in [0.29, 0.717) is 25.4 Å². The molecule has 2 unspecified atom stereocenters. The van der Waals surface area contributed by atoms with Gasteiger partial charge in [-0.05, 0) is 19.4 Å². The van der Waals surface area contributed by atoms with Crippen molar-refractivity contribution in [3.8, 4) is 0 Å². The minimum atomic E-state index is -0.0487. The zero-order valence-electron chi connectivity index (χ0n) is 11.4. The number of benzene rings is 1. The number of nitrogens with zero attached hydrogens (tertiary/aromatic N) is 1. The summed E-state index contributed by atoms with van der Waals surface area (Å²) in [5.41, 5.74) is 2.26. The zero-order valence-corrected chi connectivity index (χ0v) is 12.2. The lowest BCUT2D eigenvalue weighted by atomic mass is 10.1. The van der Waals surface area contributed by atoms with Gasteiger partial charge in [0.15, 0.2) is 0 Å². The number of carbonyl (C=O) groups is 1. The summed E-state index contributed by atoms with van der Waals surface area (Å²) < 4.78 is 5.66. The molecule has 1 heterocycles. The van der Waals surface area contributed by atoms with Crippen LogP contribution in [0.2, 0.25) is 0 Å². The van der Waals surface area contributed by atoms with Crippen LogP contribution >= 0.6 is 11.6 Å². The molecule has 0 aromatic heterocycles. The van der Waals surface area contributed by atoms with Gasteiger partial charge in [0.25, 0.3) is 0 Å². The van der Waals surface area contributed by atoms with Gasteiger partial charge >= 0.3 is 0 Å². The molecule has 1 aliphatic heterocycles. The summed E-state index contributed by atoms with van der Waals surface area (Å²) in [7, 11) is 0. The second kappa shape index (κ2) is 6.40.